The highest BCUT2D eigenvalue weighted by Gasteiger charge is 2.16. The fourth-order valence-corrected chi connectivity index (χ4v) is 3.19. The Hall–Kier alpha value is -3.25. The van der Waals surface area contributed by atoms with Crippen molar-refractivity contribution < 1.29 is 18.7 Å². The third kappa shape index (κ3) is 5.67. The van der Waals surface area contributed by atoms with Gasteiger partial charge < -0.3 is 4.74 Å². The second-order valence-corrected chi connectivity index (χ2v) is 7.30. The minimum absolute atomic E-state index is 0.0130. The largest absolute Gasteiger partial charge is 0.449 e. The standard InChI is InChI=1S/C24H22ClFN2O3/c1-3-31-24(30)28(2)21-11-10-19(14-20(21)26)17-6-8-18(9-7-17)22(29)12-4-16-5-13-23(25)27-15-16/h5-11,13-15H,3-4,12H2,1-2H3. The molecule has 0 fully saturated rings. The van der Waals surface area contributed by atoms with E-state index in [9.17, 15) is 14.0 Å². The summed E-state index contributed by atoms with van der Waals surface area (Å²) in [4.78, 5) is 29.4. The van der Waals surface area contributed by atoms with Gasteiger partial charge in [0, 0.05) is 25.2 Å². The molecule has 5 nitrogen and oxygen atoms in total. The Kier molecular flexibility index (Phi) is 7.36. The van der Waals surface area contributed by atoms with Crippen LogP contribution in [0.25, 0.3) is 11.1 Å². The van der Waals surface area contributed by atoms with Crippen molar-refractivity contribution in [3.63, 3.8) is 0 Å². The molecular formula is C24H22ClFN2O3. The minimum atomic E-state index is -0.619. The summed E-state index contributed by atoms with van der Waals surface area (Å²) < 4.78 is 19.5. The van der Waals surface area contributed by atoms with E-state index in [2.05, 4.69) is 4.98 Å². The highest BCUT2D eigenvalue weighted by molar-refractivity contribution is 6.29. The fourth-order valence-electron chi connectivity index (χ4n) is 3.08. The lowest BCUT2D eigenvalue weighted by molar-refractivity contribution is 0.0982. The highest BCUT2D eigenvalue weighted by atomic mass is 35.5. The number of anilines is 1. The summed E-state index contributed by atoms with van der Waals surface area (Å²) in [5.74, 6) is -0.524. The maximum Gasteiger partial charge on any atom is 0.414 e. The third-order valence-corrected chi connectivity index (χ3v) is 5.04. The molecule has 0 radical (unpaired) electrons. The van der Waals surface area contributed by atoms with E-state index in [1.54, 1.807) is 49.5 Å². The molecule has 1 heterocycles. The van der Waals surface area contributed by atoms with E-state index in [0.29, 0.717) is 29.1 Å². The number of amides is 1. The number of pyridine rings is 1. The molecule has 7 heteroatoms. The van der Waals surface area contributed by atoms with Gasteiger partial charge in [-0.2, -0.15) is 0 Å². The van der Waals surface area contributed by atoms with Crippen LogP contribution in [-0.2, 0) is 11.2 Å². The van der Waals surface area contributed by atoms with Crippen LogP contribution in [0, 0.1) is 5.82 Å². The molecule has 0 aliphatic rings. The number of hydrogen-bond acceptors (Lipinski definition) is 4. The van der Waals surface area contributed by atoms with Crippen LogP contribution >= 0.6 is 11.6 Å². The molecule has 0 aliphatic heterocycles. The summed E-state index contributed by atoms with van der Waals surface area (Å²) in [5.41, 5.74) is 3.07. The highest BCUT2D eigenvalue weighted by Crippen LogP contribution is 2.27. The molecular weight excluding hydrogens is 419 g/mol. The number of rotatable bonds is 7. The monoisotopic (exact) mass is 440 g/mol. The van der Waals surface area contributed by atoms with Crippen molar-refractivity contribution in [1.29, 1.82) is 0 Å². The van der Waals surface area contributed by atoms with Crippen LogP contribution in [0.1, 0.15) is 29.3 Å². The van der Waals surface area contributed by atoms with E-state index >= 15 is 0 Å². The summed E-state index contributed by atoms with van der Waals surface area (Å²) in [5, 5.41) is 0.419. The molecule has 0 aliphatic carbocycles. The smallest absolute Gasteiger partial charge is 0.414 e. The molecule has 0 atom stereocenters. The number of ketones is 1. The molecule has 0 spiro atoms. The number of aryl methyl sites for hydroxylation is 1. The van der Waals surface area contributed by atoms with Gasteiger partial charge in [0.1, 0.15) is 11.0 Å². The lowest BCUT2D eigenvalue weighted by atomic mass is 9.99. The topological polar surface area (TPSA) is 59.5 Å². The Balaban J connectivity index is 1.67. The van der Waals surface area contributed by atoms with E-state index in [0.717, 1.165) is 16.0 Å². The number of halogens is 2. The number of hydrogen-bond donors (Lipinski definition) is 0. The number of benzene rings is 2. The molecule has 160 valence electrons. The van der Waals surface area contributed by atoms with Gasteiger partial charge in [0.05, 0.1) is 12.3 Å². The van der Waals surface area contributed by atoms with Gasteiger partial charge >= 0.3 is 6.09 Å². The Morgan fingerprint density at radius 3 is 2.39 bits per heavy atom. The third-order valence-electron chi connectivity index (χ3n) is 4.82. The zero-order valence-electron chi connectivity index (χ0n) is 17.3. The van der Waals surface area contributed by atoms with Crippen molar-refractivity contribution in [1.82, 2.24) is 4.98 Å². The van der Waals surface area contributed by atoms with Gasteiger partial charge in [-0.05, 0) is 48.2 Å². The summed E-state index contributed by atoms with van der Waals surface area (Å²) >= 11 is 5.77. The number of carbonyl (C=O) groups excluding carboxylic acids is 2. The number of Topliss-reactive ketones (excluding diaryl/α,β-unsaturated/α-hetero) is 1. The van der Waals surface area contributed by atoms with Gasteiger partial charge in [0.25, 0.3) is 0 Å². The quantitative estimate of drug-likeness (QED) is 0.336. The Morgan fingerprint density at radius 2 is 1.77 bits per heavy atom. The summed E-state index contributed by atoms with van der Waals surface area (Å²) in [7, 11) is 1.45. The van der Waals surface area contributed by atoms with E-state index in [1.807, 2.05) is 6.07 Å². The second kappa shape index (κ2) is 10.2. The van der Waals surface area contributed by atoms with E-state index in [-0.39, 0.29) is 18.1 Å². The molecule has 3 rings (SSSR count). The molecule has 0 unspecified atom stereocenters. The van der Waals surface area contributed by atoms with Crippen molar-refractivity contribution in [2.45, 2.75) is 19.8 Å². The van der Waals surface area contributed by atoms with Crippen LogP contribution in [0.4, 0.5) is 14.9 Å². The average Bonchev–Trinajstić information content (AvgIpc) is 2.78. The molecule has 31 heavy (non-hydrogen) atoms. The zero-order chi connectivity index (χ0) is 22.4. The van der Waals surface area contributed by atoms with Crippen LogP contribution in [0.5, 0.6) is 0 Å². The average molecular weight is 441 g/mol. The molecule has 1 aromatic heterocycles. The lowest BCUT2D eigenvalue weighted by Crippen LogP contribution is -2.27. The number of ether oxygens (including phenoxy) is 1. The summed E-state index contributed by atoms with van der Waals surface area (Å²) in [6.45, 7) is 1.90. The van der Waals surface area contributed by atoms with Crippen molar-refractivity contribution in [2.75, 3.05) is 18.6 Å². The van der Waals surface area contributed by atoms with E-state index in [1.165, 1.54) is 19.2 Å². The van der Waals surface area contributed by atoms with Gasteiger partial charge in [-0.1, -0.05) is 48.0 Å². The molecule has 0 bridgehead atoms. The maximum atomic E-state index is 14.6. The molecule has 3 aromatic rings. The van der Waals surface area contributed by atoms with Crippen LogP contribution < -0.4 is 4.90 Å². The predicted octanol–water partition coefficient (Wildman–Crippen LogP) is 5.95. The van der Waals surface area contributed by atoms with Crippen molar-refractivity contribution >= 4 is 29.2 Å². The molecule has 2 aromatic carbocycles. The van der Waals surface area contributed by atoms with E-state index in [4.69, 9.17) is 16.3 Å². The Labute approximate surface area is 185 Å². The Morgan fingerprint density at radius 1 is 1.06 bits per heavy atom. The number of nitrogens with zero attached hydrogens (tertiary/aromatic N) is 2. The SMILES string of the molecule is CCOC(=O)N(C)c1ccc(-c2ccc(C(=O)CCc3ccc(Cl)nc3)cc2)cc1F. The first-order chi connectivity index (χ1) is 14.9. The fraction of sp³-hybridized carbons (Fsp3) is 0.208. The van der Waals surface area contributed by atoms with Gasteiger partial charge in [-0.25, -0.2) is 14.2 Å². The number of aromatic nitrogens is 1. The minimum Gasteiger partial charge on any atom is -0.449 e. The van der Waals surface area contributed by atoms with Gasteiger partial charge in [0.15, 0.2) is 5.78 Å². The first kappa shape index (κ1) is 22.4. The summed E-state index contributed by atoms with van der Waals surface area (Å²) in [6.07, 6.45) is 1.97. The van der Waals surface area contributed by atoms with Gasteiger partial charge in [0.2, 0.25) is 0 Å². The van der Waals surface area contributed by atoms with Crippen molar-refractivity contribution in [3.8, 4) is 11.1 Å². The van der Waals surface area contributed by atoms with Gasteiger partial charge in [-0.15, -0.1) is 0 Å². The molecule has 0 N–H and O–H groups in total. The van der Waals surface area contributed by atoms with Crippen molar-refractivity contribution in [3.05, 3.63) is 82.9 Å². The van der Waals surface area contributed by atoms with Crippen LogP contribution in [0.15, 0.2) is 60.8 Å². The molecule has 0 saturated carbocycles. The Bertz CT molecular complexity index is 1070. The predicted molar refractivity (Wildman–Crippen MR) is 119 cm³/mol. The zero-order valence-corrected chi connectivity index (χ0v) is 18.0. The van der Waals surface area contributed by atoms with Crippen molar-refractivity contribution in [2.24, 2.45) is 0 Å². The van der Waals surface area contributed by atoms with Crippen LogP contribution in [-0.4, -0.2) is 30.5 Å². The van der Waals surface area contributed by atoms with Crippen LogP contribution in [0.3, 0.4) is 0 Å². The first-order valence-corrected chi connectivity index (χ1v) is 10.2. The van der Waals surface area contributed by atoms with Gasteiger partial charge in [-0.3, -0.25) is 9.69 Å². The normalized spacial score (nSPS) is 10.6. The molecule has 0 saturated heterocycles. The summed E-state index contributed by atoms with van der Waals surface area (Å²) in [6, 6.07) is 15.2. The number of carbonyl (C=O) groups is 2. The first-order valence-electron chi connectivity index (χ1n) is 9.83. The van der Waals surface area contributed by atoms with E-state index < -0.39 is 11.9 Å². The lowest BCUT2D eigenvalue weighted by Gasteiger charge is -2.17. The maximum absolute atomic E-state index is 14.6. The second-order valence-electron chi connectivity index (χ2n) is 6.91. The molecule has 1 amide bonds. The van der Waals surface area contributed by atoms with Crippen LogP contribution in [0.2, 0.25) is 5.15 Å².